The average Bonchev–Trinajstić information content (AvgIpc) is 2.62. The van der Waals surface area contributed by atoms with E-state index in [4.69, 9.17) is 4.74 Å². The van der Waals surface area contributed by atoms with Crippen molar-refractivity contribution in [3.63, 3.8) is 0 Å². The van der Waals surface area contributed by atoms with Gasteiger partial charge >= 0.3 is 0 Å². The lowest BCUT2D eigenvalue weighted by Gasteiger charge is -2.09. The second-order valence-electron chi connectivity index (χ2n) is 6.18. The third kappa shape index (κ3) is 3.78. The second-order valence-corrected chi connectivity index (χ2v) is 7.23. The second kappa shape index (κ2) is 8.29. The quantitative estimate of drug-likeness (QED) is 0.363. The zero-order valence-electron chi connectivity index (χ0n) is 14.2. The van der Waals surface area contributed by atoms with Gasteiger partial charge in [-0.3, -0.25) is 4.79 Å². The molecule has 1 aromatic heterocycles. The van der Waals surface area contributed by atoms with E-state index in [2.05, 4.69) is 6.92 Å². The summed E-state index contributed by atoms with van der Waals surface area (Å²) < 4.78 is 7.99. The van der Waals surface area contributed by atoms with Gasteiger partial charge in [-0.1, -0.05) is 57.2 Å². The van der Waals surface area contributed by atoms with E-state index < -0.39 is 0 Å². The lowest BCUT2D eigenvalue weighted by molar-refractivity contribution is 0.308. The number of ether oxygens (including phenoxy) is 1. The Morgan fingerprint density at radius 3 is 2.50 bits per heavy atom. The van der Waals surface area contributed by atoms with E-state index in [0.29, 0.717) is 0 Å². The first-order valence-electron chi connectivity index (χ1n) is 8.88. The van der Waals surface area contributed by atoms with Crippen LogP contribution in [-0.4, -0.2) is 6.61 Å². The summed E-state index contributed by atoms with van der Waals surface area (Å²) in [4.78, 5) is 12.7. The Labute approximate surface area is 147 Å². The minimum Gasteiger partial charge on any atom is -0.492 e. The summed E-state index contributed by atoms with van der Waals surface area (Å²) in [5.41, 5.74) is 0.101. The van der Waals surface area contributed by atoms with Gasteiger partial charge in [0.25, 0.3) is 0 Å². The van der Waals surface area contributed by atoms with Crippen LogP contribution in [0.2, 0.25) is 0 Å². The summed E-state index contributed by atoms with van der Waals surface area (Å²) in [7, 11) is 0. The molecule has 3 heteroatoms. The summed E-state index contributed by atoms with van der Waals surface area (Å²) >= 11 is 1.64. The van der Waals surface area contributed by atoms with E-state index in [0.717, 1.165) is 38.9 Å². The topological polar surface area (TPSA) is 26.3 Å². The molecule has 24 heavy (non-hydrogen) atoms. The first kappa shape index (κ1) is 17.0. The maximum absolute atomic E-state index is 12.7. The van der Waals surface area contributed by atoms with E-state index in [9.17, 15) is 4.79 Å². The maximum Gasteiger partial charge on any atom is 0.196 e. The lowest BCUT2D eigenvalue weighted by Crippen LogP contribution is -2.03. The third-order valence-corrected chi connectivity index (χ3v) is 5.52. The van der Waals surface area contributed by atoms with Gasteiger partial charge in [0, 0.05) is 15.5 Å². The molecule has 0 fully saturated rings. The first-order chi connectivity index (χ1) is 11.8. The molecule has 0 saturated carbocycles. The van der Waals surface area contributed by atoms with E-state index in [-0.39, 0.29) is 5.43 Å². The average molecular weight is 340 g/mol. The van der Waals surface area contributed by atoms with Gasteiger partial charge in [-0.25, -0.2) is 0 Å². The van der Waals surface area contributed by atoms with Gasteiger partial charge in [-0.05, 0) is 30.7 Å². The zero-order valence-corrected chi connectivity index (χ0v) is 15.0. The van der Waals surface area contributed by atoms with Crippen molar-refractivity contribution in [1.82, 2.24) is 0 Å². The number of rotatable bonds is 8. The van der Waals surface area contributed by atoms with Gasteiger partial charge in [0.2, 0.25) is 0 Å². The number of hydrogen-bond acceptors (Lipinski definition) is 3. The molecule has 0 aliphatic rings. The maximum atomic E-state index is 12.7. The molecule has 126 valence electrons. The number of fused-ring (bicyclic) bond motifs is 2. The molecule has 0 amide bonds. The van der Waals surface area contributed by atoms with Crippen molar-refractivity contribution < 1.29 is 4.74 Å². The van der Waals surface area contributed by atoms with Crippen LogP contribution >= 0.6 is 11.3 Å². The Balaban J connectivity index is 1.75. The summed E-state index contributed by atoms with van der Waals surface area (Å²) in [5.74, 6) is 0.842. The predicted octanol–water partition coefficient (Wildman–Crippen LogP) is 6.15. The van der Waals surface area contributed by atoms with Gasteiger partial charge in [-0.15, -0.1) is 11.3 Å². The van der Waals surface area contributed by atoms with Crippen molar-refractivity contribution in [3.05, 3.63) is 52.7 Å². The van der Waals surface area contributed by atoms with Crippen molar-refractivity contribution in [1.29, 1.82) is 0 Å². The Morgan fingerprint density at radius 2 is 1.62 bits per heavy atom. The molecule has 3 rings (SSSR count). The molecule has 0 atom stereocenters. The molecule has 1 heterocycles. The van der Waals surface area contributed by atoms with Gasteiger partial charge < -0.3 is 4.74 Å². The Kier molecular flexibility index (Phi) is 5.86. The van der Waals surface area contributed by atoms with E-state index >= 15 is 0 Å². The van der Waals surface area contributed by atoms with Crippen LogP contribution in [0.4, 0.5) is 0 Å². The number of benzene rings is 2. The van der Waals surface area contributed by atoms with E-state index in [1.54, 1.807) is 11.3 Å². The highest BCUT2D eigenvalue weighted by atomic mass is 32.1. The van der Waals surface area contributed by atoms with Crippen LogP contribution < -0.4 is 10.2 Å². The van der Waals surface area contributed by atoms with Crippen LogP contribution in [0.3, 0.4) is 0 Å². The van der Waals surface area contributed by atoms with Crippen molar-refractivity contribution >= 4 is 31.5 Å². The van der Waals surface area contributed by atoms with Gasteiger partial charge in [-0.2, -0.15) is 0 Å². The van der Waals surface area contributed by atoms with Crippen LogP contribution in [0.5, 0.6) is 5.75 Å². The molecular formula is C21H24O2S. The Morgan fingerprint density at radius 1 is 0.875 bits per heavy atom. The molecule has 0 radical (unpaired) electrons. The molecule has 3 aromatic rings. The van der Waals surface area contributed by atoms with Gasteiger partial charge in [0.1, 0.15) is 5.75 Å². The molecule has 0 saturated heterocycles. The van der Waals surface area contributed by atoms with Crippen molar-refractivity contribution in [2.75, 3.05) is 6.61 Å². The van der Waals surface area contributed by atoms with Crippen LogP contribution in [0.25, 0.3) is 20.2 Å². The van der Waals surface area contributed by atoms with Crippen molar-refractivity contribution in [2.24, 2.45) is 0 Å². The van der Waals surface area contributed by atoms with Crippen molar-refractivity contribution in [2.45, 2.75) is 45.4 Å². The monoisotopic (exact) mass is 340 g/mol. The summed E-state index contributed by atoms with van der Waals surface area (Å²) in [6.45, 7) is 2.96. The minimum absolute atomic E-state index is 0.101. The largest absolute Gasteiger partial charge is 0.492 e. The first-order valence-corrected chi connectivity index (χ1v) is 9.70. The summed E-state index contributed by atoms with van der Waals surface area (Å²) in [6, 6.07) is 13.6. The highest BCUT2D eigenvalue weighted by molar-refractivity contribution is 7.24. The normalized spacial score (nSPS) is 11.2. The van der Waals surface area contributed by atoms with E-state index in [1.165, 1.54) is 32.1 Å². The van der Waals surface area contributed by atoms with Crippen molar-refractivity contribution in [3.8, 4) is 5.75 Å². The molecule has 2 aromatic carbocycles. The number of unbranched alkanes of at least 4 members (excludes halogenated alkanes) is 5. The molecule has 0 aliphatic heterocycles. The highest BCUT2D eigenvalue weighted by Gasteiger charge is 2.09. The van der Waals surface area contributed by atoms with Gasteiger partial charge in [0.15, 0.2) is 5.43 Å². The molecule has 0 bridgehead atoms. The van der Waals surface area contributed by atoms with Gasteiger partial charge in [0.05, 0.1) is 11.3 Å². The fourth-order valence-corrected chi connectivity index (χ4v) is 4.11. The number of hydrogen-bond donors (Lipinski definition) is 0. The highest BCUT2D eigenvalue weighted by Crippen LogP contribution is 2.31. The van der Waals surface area contributed by atoms with Crippen LogP contribution in [0, 0.1) is 0 Å². The summed E-state index contributed by atoms with van der Waals surface area (Å²) in [6.07, 6.45) is 7.49. The molecule has 0 unspecified atom stereocenters. The Hall–Kier alpha value is -1.87. The zero-order chi connectivity index (χ0) is 16.8. The smallest absolute Gasteiger partial charge is 0.196 e. The minimum atomic E-state index is 0.101. The van der Waals surface area contributed by atoms with E-state index in [1.807, 2.05) is 42.5 Å². The Bertz CT molecular complexity index is 866. The predicted molar refractivity (Wildman–Crippen MR) is 104 cm³/mol. The fraction of sp³-hybridized carbons (Fsp3) is 0.381. The standard InChI is InChI=1S/C21H24O2S/c1-2-3-4-5-6-9-15-23-18-13-10-12-17-20(22)16-11-7-8-14-19(16)24-21(17)18/h7-8,10-14H,2-6,9,15H2,1H3. The molecular weight excluding hydrogens is 316 g/mol. The van der Waals surface area contributed by atoms with Crippen LogP contribution in [0.1, 0.15) is 45.4 Å². The molecule has 0 spiro atoms. The molecule has 0 N–H and O–H groups in total. The van der Waals surface area contributed by atoms with Crippen LogP contribution in [-0.2, 0) is 0 Å². The third-order valence-electron chi connectivity index (χ3n) is 4.32. The lowest BCUT2D eigenvalue weighted by atomic mass is 10.1. The van der Waals surface area contributed by atoms with Crippen LogP contribution in [0.15, 0.2) is 47.3 Å². The fourth-order valence-electron chi connectivity index (χ4n) is 2.98. The molecule has 0 aliphatic carbocycles. The summed E-state index contributed by atoms with van der Waals surface area (Å²) in [5, 5.41) is 1.56. The molecule has 2 nitrogen and oxygen atoms in total. The SMILES string of the molecule is CCCCCCCCOc1cccc2c(=O)c3ccccc3sc12.